The first-order valence-electron chi connectivity index (χ1n) is 7.16. The van der Waals surface area contributed by atoms with Crippen LogP contribution in [0.25, 0.3) is 11.0 Å². The number of piperidine rings is 1. The fraction of sp³-hybridized carbons (Fsp3) is 0.438. The summed E-state index contributed by atoms with van der Waals surface area (Å²) in [6.45, 7) is 3.45. The van der Waals surface area contributed by atoms with Crippen LogP contribution in [0.2, 0.25) is 5.02 Å². The Hall–Kier alpha value is -0.960. The van der Waals surface area contributed by atoms with Gasteiger partial charge in [0, 0.05) is 5.02 Å². The standard InChI is InChI=1S/C16H18ClN3O.2ClH/c1-11-12(17)6-7-14-16(11)19-10-20(14)9-3-4-13-15(21)5-2-8-18-13;;/h6-7,10,13,15,18,21H,2,5,8-9H2,1H3;2*1H. The van der Waals surface area contributed by atoms with Gasteiger partial charge in [0.15, 0.2) is 0 Å². The molecule has 1 aliphatic rings. The molecule has 3 rings (SSSR count). The normalized spacial score (nSPS) is 20.1. The van der Waals surface area contributed by atoms with Crippen LogP contribution in [0.5, 0.6) is 0 Å². The minimum Gasteiger partial charge on any atom is -0.390 e. The molecule has 7 heteroatoms. The van der Waals surface area contributed by atoms with Crippen LogP contribution in [0.3, 0.4) is 0 Å². The summed E-state index contributed by atoms with van der Waals surface area (Å²) in [4.78, 5) is 4.41. The number of aryl methyl sites for hydroxylation is 1. The van der Waals surface area contributed by atoms with Crippen molar-refractivity contribution >= 4 is 47.4 Å². The molecular formula is C16H20Cl3N3O. The third-order valence-corrected chi connectivity index (χ3v) is 4.32. The Morgan fingerprint density at radius 2 is 2.22 bits per heavy atom. The molecule has 1 saturated heterocycles. The quantitative estimate of drug-likeness (QED) is 0.752. The van der Waals surface area contributed by atoms with Crippen LogP contribution in [-0.2, 0) is 6.54 Å². The Labute approximate surface area is 153 Å². The first-order chi connectivity index (χ1) is 10.2. The summed E-state index contributed by atoms with van der Waals surface area (Å²) in [6.07, 6.45) is 3.24. The maximum atomic E-state index is 9.87. The highest BCUT2D eigenvalue weighted by Crippen LogP contribution is 2.23. The molecule has 2 heterocycles. The van der Waals surface area contributed by atoms with E-state index in [1.807, 2.05) is 23.6 Å². The van der Waals surface area contributed by atoms with Gasteiger partial charge in [-0.25, -0.2) is 4.98 Å². The van der Waals surface area contributed by atoms with Gasteiger partial charge < -0.3 is 15.0 Å². The second kappa shape index (κ2) is 8.77. The summed E-state index contributed by atoms with van der Waals surface area (Å²) < 4.78 is 2.00. The fourth-order valence-electron chi connectivity index (χ4n) is 2.63. The maximum absolute atomic E-state index is 9.87. The summed E-state index contributed by atoms with van der Waals surface area (Å²) in [5, 5.41) is 13.8. The molecule has 0 amide bonds. The van der Waals surface area contributed by atoms with Gasteiger partial charge in [-0.05, 0) is 44.0 Å². The number of aliphatic hydroxyl groups is 1. The van der Waals surface area contributed by atoms with Crippen LogP contribution in [0.15, 0.2) is 18.5 Å². The van der Waals surface area contributed by atoms with E-state index < -0.39 is 0 Å². The smallest absolute Gasteiger partial charge is 0.0967 e. The average Bonchev–Trinajstić information content (AvgIpc) is 2.89. The number of hydrogen-bond acceptors (Lipinski definition) is 3. The third kappa shape index (κ3) is 4.32. The summed E-state index contributed by atoms with van der Waals surface area (Å²) in [7, 11) is 0. The van der Waals surface area contributed by atoms with E-state index in [9.17, 15) is 5.11 Å². The highest BCUT2D eigenvalue weighted by Gasteiger charge is 2.19. The second-order valence-corrected chi connectivity index (χ2v) is 5.78. The van der Waals surface area contributed by atoms with E-state index in [1.165, 1.54) is 0 Å². The van der Waals surface area contributed by atoms with Crippen molar-refractivity contribution in [1.82, 2.24) is 14.9 Å². The van der Waals surface area contributed by atoms with Gasteiger partial charge in [0.25, 0.3) is 0 Å². The SMILES string of the molecule is Cc1c(Cl)ccc2c1ncn2CC#CC1NCCCC1O.Cl.Cl. The minimum absolute atomic E-state index is 0. The summed E-state index contributed by atoms with van der Waals surface area (Å²) in [5.41, 5.74) is 2.94. The maximum Gasteiger partial charge on any atom is 0.0967 e. The zero-order valence-electron chi connectivity index (χ0n) is 12.8. The molecule has 1 aromatic heterocycles. The van der Waals surface area contributed by atoms with Crippen molar-refractivity contribution in [2.24, 2.45) is 0 Å². The van der Waals surface area contributed by atoms with Crippen LogP contribution in [0, 0.1) is 18.8 Å². The van der Waals surface area contributed by atoms with Crippen LogP contribution in [0.1, 0.15) is 18.4 Å². The summed E-state index contributed by atoms with van der Waals surface area (Å²) >= 11 is 6.11. The van der Waals surface area contributed by atoms with Gasteiger partial charge in [-0.3, -0.25) is 0 Å². The second-order valence-electron chi connectivity index (χ2n) is 5.38. The van der Waals surface area contributed by atoms with Crippen molar-refractivity contribution in [1.29, 1.82) is 0 Å². The third-order valence-electron chi connectivity index (χ3n) is 3.91. The summed E-state index contributed by atoms with van der Waals surface area (Å²) in [6, 6.07) is 3.73. The highest BCUT2D eigenvalue weighted by molar-refractivity contribution is 6.32. The van der Waals surface area contributed by atoms with Crippen molar-refractivity contribution in [2.45, 2.75) is 38.5 Å². The predicted octanol–water partition coefficient (Wildman–Crippen LogP) is 2.96. The number of fused-ring (bicyclic) bond motifs is 1. The lowest BCUT2D eigenvalue weighted by Gasteiger charge is -2.24. The molecule has 2 unspecified atom stereocenters. The van der Waals surface area contributed by atoms with E-state index in [-0.39, 0.29) is 37.0 Å². The predicted molar refractivity (Wildman–Crippen MR) is 98.8 cm³/mol. The number of aromatic nitrogens is 2. The Balaban J connectivity index is 0.00000132. The van der Waals surface area contributed by atoms with Gasteiger partial charge in [0.2, 0.25) is 0 Å². The van der Waals surface area contributed by atoms with Crippen LogP contribution in [-0.4, -0.2) is 33.3 Å². The number of benzene rings is 1. The molecule has 0 saturated carbocycles. The Kier molecular flexibility index (Phi) is 7.66. The Bertz CT molecular complexity index is 720. The van der Waals surface area contributed by atoms with E-state index in [2.05, 4.69) is 22.1 Å². The molecule has 126 valence electrons. The van der Waals surface area contributed by atoms with E-state index in [1.54, 1.807) is 6.33 Å². The number of nitrogens with one attached hydrogen (secondary N) is 1. The lowest BCUT2D eigenvalue weighted by atomic mass is 10.0. The van der Waals surface area contributed by atoms with E-state index >= 15 is 0 Å². The molecule has 0 spiro atoms. The molecular weight excluding hydrogens is 357 g/mol. The minimum atomic E-state index is -0.369. The summed E-state index contributed by atoms with van der Waals surface area (Å²) in [5.74, 6) is 6.25. The number of rotatable bonds is 1. The number of halogens is 3. The van der Waals surface area contributed by atoms with Gasteiger partial charge in [0.05, 0.1) is 36.1 Å². The van der Waals surface area contributed by atoms with Gasteiger partial charge >= 0.3 is 0 Å². The van der Waals surface area contributed by atoms with E-state index in [4.69, 9.17) is 11.6 Å². The number of nitrogens with zero attached hydrogens (tertiary/aromatic N) is 2. The molecule has 0 bridgehead atoms. The molecule has 2 atom stereocenters. The largest absolute Gasteiger partial charge is 0.390 e. The molecule has 4 nitrogen and oxygen atoms in total. The van der Waals surface area contributed by atoms with Crippen molar-refractivity contribution in [3.8, 4) is 11.8 Å². The molecule has 0 radical (unpaired) electrons. The van der Waals surface area contributed by atoms with E-state index in [0.717, 1.165) is 41.0 Å². The van der Waals surface area contributed by atoms with Gasteiger partial charge in [0.1, 0.15) is 0 Å². The molecule has 2 N–H and O–H groups in total. The van der Waals surface area contributed by atoms with Crippen molar-refractivity contribution in [3.63, 3.8) is 0 Å². The molecule has 1 fully saturated rings. The first-order valence-corrected chi connectivity index (χ1v) is 7.54. The van der Waals surface area contributed by atoms with Gasteiger partial charge in [-0.15, -0.1) is 24.8 Å². The fourth-order valence-corrected chi connectivity index (χ4v) is 2.78. The number of imidazole rings is 1. The van der Waals surface area contributed by atoms with Crippen molar-refractivity contribution in [2.75, 3.05) is 6.54 Å². The van der Waals surface area contributed by atoms with Crippen molar-refractivity contribution < 1.29 is 5.11 Å². The molecule has 0 aliphatic carbocycles. The Morgan fingerprint density at radius 1 is 1.43 bits per heavy atom. The number of aliphatic hydroxyl groups excluding tert-OH is 1. The molecule has 1 aromatic carbocycles. The first kappa shape index (κ1) is 20.1. The molecule has 1 aliphatic heterocycles. The molecule has 23 heavy (non-hydrogen) atoms. The van der Waals surface area contributed by atoms with Crippen LogP contribution >= 0.6 is 36.4 Å². The average molecular weight is 377 g/mol. The van der Waals surface area contributed by atoms with Crippen LogP contribution in [0.4, 0.5) is 0 Å². The monoisotopic (exact) mass is 375 g/mol. The zero-order valence-corrected chi connectivity index (χ0v) is 15.1. The number of hydrogen-bond donors (Lipinski definition) is 2. The van der Waals surface area contributed by atoms with Crippen molar-refractivity contribution in [3.05, 3.63) is 29.0 Å². The highest BCUT2D eigenvalue weighted by atomic mass is 35.5. The topological polar surface area (TPSA) is 50.1 Å². The molecule has 2 aromatic rings. The lowest BCUT2D eigenvalue weighted by molar-refractivity contribution is 0.118. The lowest BCUT2D eigenvalue weighted by Crippen LogP contribution is -2.43. The zero-order chi connectivity index (χ0) is 14.8. The van der Waals surface area contributed by atoms with Crippen LogP contribution < -0.4 is 5.32 Å². The Morgan fingerprint density at radius 3 is 2.96 bits per heavy atom. The van der Waals surface area contributed by atoms with Gasteiger partial charge in [-0.2, -0.15) is 0 Å². The van der Waals surface area contributed by atoms with E-state index in [0.29, 0.717) is 6.54 Å². The van der Waals surface area contributed by atoms with Gasteiger partial charge in [-0.1, -0.05) is 23.4 Å².